The monoisotopic (exact) mass is 328 g/mol. The van der Waals surface area contributed by atoms with E-state index in [1.165, 1.54) is 18.3 Å². The highest BCUT2D eigenvalue weighted by atomic mass is 32.2. The summed E-state index contributed by atoms with van der Waals surface area (Å²) in [5.41, 5.74) is -0.209. The molecule has 0 saturated carbocycles. The Morgan fingerprint density at radius 3 is 2.71 bits per heavy atom. The first-order valence-corrected chi connectivity index (χ1v) is 8.12. The molecule has 9 heteroatoms. The maximum atomic E-state index is 12.2. The minimum atomic E-state index is -3.90. The predicted molar refractivity (Wildman–Crippen MR) is 75.9 cm³/mol. The van der Waals surface area contributed by atoms with E-state index < -0.39 is 27.3 Å². The van der Waals surface area contributed by atoms with Gasteiger partial charge in [-0.25, -0.2) is 22.9 Å². The molecule has 0 amide bonds. The van der Waals surface area contributed by atoms with Gasteiger partial charge in [0.15, 0.2) is 0 Å². The van der Waals surface area contributed by atoms with Gasteiger partial charge in [0.25, 0.3) is 0 Å². The number of hydrogen-bond donors (Lipinski definition) is 3. The Balaban J connectivity index is 2.35. The van der Waals surface area contributed by atoms with Crippen molar-refractivity contribution >= 4 is 27.3 Å². The number of carboxylic acid groups (broad SMARTS) is 1. The van der Waals surface area contributed by atoms with E-state index >= 15 is 0 Å². The van der Waals surface area contributed by atoms with E-state index in [1.54, 1.807) is 11.6 Å². The molecule has 7 nitrogen and oxygen atoms in total. The van der Waals surface area contributed by atoms with Crippen molar-refractivity contribution in [1.29, 1.82) is 0 Å². The summed E-state index contributed by atoms with van der Waals surface area (Å²) >= 11 is 1.30. The zero-order chi connectivity index (χ0) is 15.6. The highest BCUT2D eigenvalue weighted by Gasteiger charge is 2.21. The quantitative estimate of drug-likeness (QED) is 0.762. The van der Waals surface area contributed by atoms with E-state index in [0.29, 0.717) is 5.01 Å². The van der Waals surface area contributed by atoms with Crippen molar-refractivity contribution in [3.05, 3.63) is 39.8 Å². The first kappa shape index (κ1) is 15.4. The van der Waals surface area contributed by atoms with Gasteiger partial charge in [-0.15, -0.1) is 11.3 Å². The number of aryl methyl sites for hydroxylation is 1. The third kappa shape index (κ3) is 3.38. The van der Waals surface area contributed by atoms with Gasteiger partial charge in [-0.05, 0) is 24.6 Å². The second-order valence-electron chi connectivity index (χ2n) is 4.19. The lowest BCUT2D eigenvalue weighted by atomic mass is 10.1. The lowest BCUT2D eigenvalue weighted by Crippen LogP contribution is -2.24. The molecule has 0 atom stereocenters. The summed E-state index contributed by atoms with van der Waals surface area (Å²) in [6, 6.07) is 2.05. The summed E-state index contributed by atoms with van der Waals surface area (Å²) in [6.07, 6.45) is 1.56. The standard InChI is InChI=1S/C12H12N2O5S2/c1-7-4-9(15)8(12(16)17)5-10(7)21(18,19)14-6-11-13-2-3-20-11/h2-5,14-15H,6H2,1H3,(H,16,17). The minimum Gasteiger partial charge on any atom is -0.507 e. The number of aromatic carboxylic acids is 1. The first-order chi connectivity index (χ1) is 9.81. The summed E-state index contributed by atoms with van der Waals surface area (Å²) < 4.78 is 26.8. The molecule has 1 aromatic carbocycles. The molecule has 0 unspecified atom stereocenters. The van der Waals surface area contributed by atoms with Crippen LogP contribution in [0.3, 0.4) is 0 Å². The molecule has 0 aliphatic heterocycles. The van der Waals surface area contributed by atoms with Gasteiger partial charge in [0.05, 0.1) is 11.4 Å². The summed E-state index contributed by atoms with van der Waals surface area (Å²) in [7, 11) is -3.90. The zero-order valence-corrected chi connectivity index (χ0v) is 12.5. The smallest absolute Gasteiger partial charge is 0.339 e. The number of thiazole rings is 1. The Bertz CT molecular complexity index is 769. The van der Waals surface area contributed by atoms with E-state index in [2.05, 4.69) is 9.71 Å². The maximum Gasteiger partial charge on any atom is 0.339 e. The molecular weight excluding hydrogens is 316 g/mol. The van der Waals surface area contributed by atoms with E-state index in [-0.39, 0.29) is 17.0 Å². The number of nitrogens with one attached hydrogen (secondary N) is 1. The molecule has 0 aliphatic carbocycles. The third-order valence-corrected chi connectivity index (χ3v) is 5.03. The number of nitrogens with zero attached hydrogens (tertiary/aromatic N) is 1. The molecule has 2 rings (SSSR count). The Morgan fingerprint density at radius 1 is 1.43 bits per heavy atom. The van der Waals surface area contributed by atoms with Crippen molar-refractivity contribution < 1.29 is 23.4 Å². The zero-order valence-electron chi connectivity index (χ0n) is 10.9. The molecule has 1 heterocycles. The fourth-order valence-electron chi connectivity index (χ4n) is 1.71. The molecule has 3 N–H and O–H groups in total. The second kappa shape index (κ2) is 5.80. The van der Waals surface area contributed by atoms with Gasteiger partial charge in [-0.1, -0.05) is 0 Å². The van der Waals surface area contributed by atoms with Crippen LogP contribution in [-0.2, 0) is 16.6 Å². The van der Waals surface area contributed by atoms with Crippen LogP contribution in [0.5, 0.6) is 5.75 Å². The Morgan fingerprint density at radius 2 is 2.14 bits per heavy atom. The number of aromatic hydroxyl groups is 1. The van der Waals surface area contributed by atoms with Crippen LogP contribution >= 0.6 is 11.3 Å². The Labute approximate surface area is 125 Å². The molecule has 0 aliphatic rings. The SMILES string of the molecule is Cc1cc(O)c(C(=O)O)cc1S(=O)(=O)NCc1nccs1. The topological polar surface area (TPSA) is 117 Å². The molecule has 21 heavy (non-hydrogen) atoms. The summed E-state index contributed by atoms with van der Waals surface area (Å²) in [5.74, 6) is -1.87. The first-order valence-electron chi connectivity index (χ1n) is 5.76. The number of hydrogen-bond acceptors (Lipinski definition) is 6. The third-order valence-electron chi connectivity index (χ3n) is 2.71. The minimum absolute atomic E-state index is 0.0166. The maximum absolute atomic E-state index is 12.2. The van der Waals surface area contributed by atoms with E-state index in [0.717, 1.165) is 12.1 Å². The molecule has 1 aromatic heterocycles. The molecule has 2 aromatic rings. The van der Waals surface area contributed by atoms with Gasteiger partial charge in [-0.3, -0.25) is 0 Å². The number of phenols is 1. The van der Waals surface area contributed by atoms with Crippen LogP contribution in [0.1, 0.15) is 20.9 Å². The number of benzene rings is 1. The van der Waals surface area contributed by atoms with Crippen LogP contribution in [0.2, 0.25) is 0 Å². The summed E-state index contributed by atoms with van der Waals surface area (Å²) in [6.45, 7) is 1.49. The van der Waals surface area contributed by atoms with Crippen LogP contribution in [0.4, 0.5) is 0 Å². The van der Waals surface area contributed by atoms with Crippen molar-refractivity contribution in [3.8, 4) is 5.75 Å². The van der Waals surface area contributed by atoms with Gasteiger partial charge in [0, 0.05) is 11.6 Å². The molecule has 0 radical (unpaired) electrons. The lowest BCUT2D eigenvalue weighted by Gasteiger charge is -2.10. The van der Waals surface area contributed by atoms with Crippen LogP contribution in [0, 0.1) is 6.92 Å². The summed E-state index contributed by atoms with van der Waals surface area (Å²) in [4.78, 5) is 14.7. The molecule has 112 valence electrons. The van der Waals surface area contributed by atoms with Crippen LogP contribution in [0.15, 0.2) is 28.6 Å². The average Bonchev–Trinajstić information content (AvgIpc) is 2.88. The van der Waals surface area contributed by atoms with E-state index in [4.69, 9.17) is 5.11 Å². The lowest BCUT2D eigenvalue weighted by molar-refractivity contribution is 0.0693. The van der Waals surface area contributed by atoms with Gasteiger partial charge in [-0.2, -0.15) is 0 Å². The second-order valence-corrected chi connectivity index (χ2v) is 6.90. The van der Waals surface area contributed by atoms with Gasteiger partial charge < -0.3 is 10.2 Å². The molecular formula is C12H12N2O5S2. The van der Waals surface area contributed by atoms with Gasteiger partial charge >= 0.3 is 5.97 Å². The van der Waals surface area contributed by atoms with Crippen molar-refractivity contribution in [2.24, 2.45) is 0 Å². The van der Waals surface area contributed by atoms with Crippen molar-refractivity contribution in [2.45, 2.75) is 18.4 Å². The molecule has 0 saturated heterocycles. The largest absolute Gasteiger partial charge is 0.507 e. The van der Waals surface area contributed by atoms with Gasteiger partial charge in [0.2, 0.25) is 10.0 Å². The fraction of sp³-hybridized carbons (Fsp3) is 0.167. The predicted octanol–water partition coefficient (Wildman–Crippen LogP) is 1.33. The molecule has 0 spiro atoms. The molecule has 0 fully saturated rings. The fourth-order valence-corrected chi connectivity index (χ4v) is 3.59. The van der Waals surface area contributed by atoms with Crippen LogP contribution in [0.25, 0.3) is 0 Å². The summed E-state index contributed by atoms with van der Waals surface area (Å²) in [5, 5.41) is 20.8. The Kier molecular flexibility index (Phi) is 4.26. The van der Waals surface area contributed by atoms with Crippen molar-refractivity contribution in [1.82, 2.24) is 9.71 Å². The Hall–Kier alpha value is -1.97. The van der Waals surface area contributed by atoms with E-state index in [1.807, 2.05) is 0 Å². The highest BCUT2D eigenvalue weighted by Crippen LogP contribution is 2.25. The van der Waals surface area contributed by atoms with E-state index in [9.17, 15) is 18.3 Å². The van der Waals surface area contributed by atoms with Crippen molar-refractivity contribution in [3.63, 3.8) is 0 Å². The number of sulfonamides is 1. The van der Waals surface area contributed by atoms with Gasteiger partial charge in [0.1, 0.15) is 16.3 Å². The van der Waals surface area contributed by atoms with Crippen molar-refractivity contribution in [2.75, 3.05) is 0 Å². The van der Waals surface area contributed by atoms with Crippen LogP contribution < -0.4 is 4.72 Å². The highest BCUT2D eigenvalue weighted by molar-refractivity contribution is 7.89. The number of carbonyl (C=O) groups is 1. The molecule has 0 bridgehead atoms. The van der Waals surface area contributed by atoms with Crippen LogP contribution in [-0.4, -0.2) is 29.6 Å². The normalized spacial score (nSPS) is 11.5. The number of carboxylic acids is 1. The number of rotatable bonds is 5. The average molecular weight is 328 g/mol. The number of aromatic nitrogens is 1.